The lowest BCUT2D eigenvalue weighted by atomic mass is 10.2. The van der Waals surface area contributed by atoms with Crippen molar-refractivity contribution in [2.24, 2.45) is 0 Å². The number of ether oxygens (including phenoxy) is 2. The Bertz CT molecular complexity index is 643. The first kappa shape index (κ1) is 50.6. The Labute approximate surface area is 311 Å². The van der Waals surface area contributed by atoms with E-state index in [1.54, 1.807) is 0 Å². The monoisotopic (exact) mass is 756 g/mol. The lowest BCUT2D eigenvalue weighted by Crippen LogP contribution is -3.00. The number of methoxy groups -OCH3 is 1. The number of thiol groups is 5. The van der Waals surface area contributed by atoms with Crippen LogP contribution >= 0.6 is 63.1 Å². The third kappa shape index (κ3) is 32.2. The number of carbonyl (C=O) groups is 1. The molecule has 0 bridgehead atoms. The predicted molar refractivity (Wildman–Crippen MR) is 209 cm³/mol. The van der Waals surface area contributed by atoms with Gasteiger partial charge in [0.25, 0.3) is 0 Å². The average molecular weight is 758 g/mol. The molecule has 0 aliphatic carbocycles. The molecular formula is C30H69ClN6O3S5. The molecule has 3 aliphatic heterocycles. The van der Waals surface area contributed by atoms with Gasteiger partial charge in [-0.05, 0) is 40.5 Å². The highest BCUT2D eigenvalue weighted by atomic mass is 35.5. The number of halogens is 1. The van der Waals surface area contributed by atoms with Crippen LogP contribution in [0.1, 0.15) is 12.8 Å². The van der Waals surface area contributed by atoms with E-state index < -0.39 is 0 Å². The summed E-state index contributed by atoms with van der Waals surface area (Å²) in [6.07, 6.45) is 2.02. The Morgan fingerprint density at radius 3 is 1.67 bits per heavy atom. The minimum absolute atomic E-state index is 0. The Kier molecular flexibility index (Phi) is 37.9. The van der Waals surface area contributed by atoms with Gasteiger partial charge in [-0.15, -0.1) is 0 Å². The van der Waals surface area contributed by atoms with Crippen LogP contribution in [0.4, 0.5) is 0 Å². The van der Waals surface area contributed by atoms with E-state index in [9.17, 15) is 4.79 Å². The van der Waals surface area contributed by atoms with Crippen molar-refractivity contribution in [3.8, 4) is 0 Å². The third-order valence-electron chi connectivity index (χ3n) is 7.07. The Hall–Kier alpha value is 1.23. The van der Waals surface area contributed by atoms with Gasteiger partial charge in [0.2, 0.25) is 0 Å². The fourth-order valence-electron chi connectivity index (χ4n) is 4.30. The highest BCUT2D eigenvalue weighted by Crippen LogP contribution is 2.17. The van der Waals surface area contributed by atoms with Gasteiger partial charge in [-0.2, -0.15) is 63.1 Å². The molecule has 3 rings (SSSR count). The molecule has 0 N–H and O–H groups in total. The van der Waals surface area contributed by atoms with Gasteiger partial charge in [-0.25, -0.2) is 0 Å². The summed E-state index contributed by atoms with van der Waals surface area (Å²) >= 11 is 20.6. The van der Waals surface area contributed by atoms with E-state index in [-0.39, 0.29) is 24.4 Å². The lowest BCUT2D eigenvalue weighted by Gasteiger charge is -2.31. The number of hydrogen-bond acceptors (Lipinski definition) is 13. The molecule has 274 valence electrons. The molecule has 45 heavy (non-hydrogen) atoms. The third-order valence-corrected chi connectivity index (χ3v) is 8.07. The largest absolute Gasteiger partial charge is 1.00 e. The van der Waals surface area contributed by atoms with Gasteiger partial charge in [-0.3, -0.25) is 19.5 Å². The van der Waals surface area contributed by atoms with E-state index in [0.29, 0.717) is 0 Å². The maximum atomic E-state index is 11.2. The van der Waals surface area contributed by atoms with E-state index in [4.69, 9.17) is 9.47 Å². The van der Waals surface area contributed by atoms with Crippen molar-refractivity contribution in [2.75, 3.05) is 170 Å². The molecule has 0 saturated carbocycles. The van der Waals surface area contributed by atoms with Crippen LogP contribution in [0.5, 0.6) is 0 Å². The molecule has 0 aromatic carbocycles. The molecule has 3 saturated heterocycles. The molecule has 15 heteroatoms. The maximum Gasteiger partial charge on any atom is 0.323 e. The van der Waals surface area contributed by atoms with Crippen LogP contribution in [0.3, 0.4) is 0 Å². The smallest absolute Gasteiger partial charge is 0.323 e. The van der Waals surface area contributed by atoms with Gasteiger partial charge in [0.05, 0.1) is 48.0 Å². The van der Waals surface area contributed by atoms with Crippen LogP contribution in [0.15, 0.2) is 0 Å². The summed E-state index contributed by atoms with van der Waals surface area (Å²) in [5.74, 6) is 4.57. The molecule has 0 aromatic heterocycles. The molecule has 1 atom stereocenters. The first-order chi connectivity index (χ1) is 20.9. The summed E-state index contributed by atoms with van der Waals surface area (Å²) in [5.41, 5.74) is 0. The van der Waals surface area contributed by atoms with Crippen molar-refractivity contribution in [3.63, 3.8) is 0 Å². The zero-order valence-electron chi connectivity index (χ0n) is 29.4. The minimum atomic E-state index is -0.103. The number of carbonyl (C=O) groups excluding carboxylic acids is 1. The van der Waals surface area contributed by atoms with Crippen LogP contribution < -0.4 is 12.4 Å². The van der Waals surface area contributed by atoms with Gasteiger partial charge in [0, 0.05) is 94.2 Å². The molecule has 0 radical (unpaired) electrons. The summed E-state index contributed by atoms with van der Waals surface area (Å²) in [7, 11) is 14.2. The number of piperazine rings is 1. The first-order valence-corrected chi connectivity index (χ1v) is 19.1. The number of quaternary nitrogens is 1. The Morgan fingerprint density at radius 1 is 0.800 bits per heavy atom. The van der Waals surface area contributed by atoms with Gasteiger partial charge >= 0.3 is 5.97 Å². The van der Waals surface area contributed by atoms with Gasteiger partial charge in [0.1, 0.15) is 6.04 Å². The quantitative estimate of drug-likeness (QED) is 0.106. The second-order valence-corrected chi connectivity index (χ2v) is 14.5. The number of nitrogens with zero attached hydrogens (tertiary/aromatic N) is 6. The number of likely N-dealkylation sites (N-methyl/N-ethyl adjacent to an activating group) is 1. The molecule has 1 unspecified atom stereocenters. The van der Waals surface area contributed by atoms with Crippen molar-refractivity contribution >= 4 is 69.1 Å². The number of likely N-dealkylation sites (tertiary alicyclic amines) is 1. The standard InChI is InChI=1S/C8H15NO2S.C7H16N2S.C6H13NOS.C5H13NS.C4H11NS.ClH/c1-11-8(10)7-3-2-4-9(7)5-6-12;1-8-2-4-9(5-3-8)6-7-10;9-6-3-7-1-4-8-5-2-7;1-6(2,3)4-5-7;1-5(2)3-4-6;/h7,12H,2-6H2,1H3;10H,2-7H2,1H3;9H,1-6H2;4-5H2,1-3H3;6H,3-4H2,1-2H3;1H. The van der Waals surface area contributed by atoms with Gasteiger partial charge in [-0.1, -0.05) is 0 Å². The zero-order valence-corrected chi connectivity index (χ0v) is 34.7. The normalized spacial score (nSPS) is 19.4. The molecule has 3 aliphatic rings. The summed E-state index contributed by atoms with van der Waals surface area (Å²) < 4.78 is 10.9. The number of hydrogen-bond donors (Lipinski definition) is 5. The highest BCUT2D eigenvalue weighted by Gasteiger charge is 2.30. The molecule has 3 heterocycles. The zero-order chi connectivity index (χ0) is 33.8. The summed E-state index contributed by atoms with van der Waals surface area (Å²) in [5, 5.41) is 0. The van der Waals surface area contributed by atoms with Crippen molar-refractivity contribution in [1.29, 1.82) is 0 Å². The molecule has 0 amide bonds. The van der Waals surface area contributed by atoms with Crippen LogP contribution in [0, 0.1) is 0 Å². The van der Waals surface area contributed by atoms with Crippen LogP contribution in [-0.2, 0) is 14.3 Å². The lowest BCUT2D eigenvalue weighted by molar-refractivity contribution is -0.867. The van der Waals surface area contributed by atoms with Crippen LogP contribution in [0.2, 0.25) is 0 Å². The second kappa shape index (κ2) is 33.7. The van der Waals surface area contributed by atoms with E-state index >= 15 is 0 Å². The fourth-order valence-corrected chi connectivity index (χ4v) is 6.13. The minimum Gasteiger partial charge on any atom is -1.00 e. The van der Waals surface area contributed by atoms with E-state index in [1.165, 1.54) is 33.3 Å². The maximum absolute atomic E-state index is 11.2. The van der Waals surface area contributed by atoms with E-state index in [1.807, 2.05) is 14.1 Å². The average Bonchev–Trinajstić information content (AvgIpc) is 3.44. The number of morpholine rings is 1. The SMILES string of the molecule is CN(C)CCS.CN1CCN(CCS)CC1.COC(=O)C1CCCN1CCS.C[N+](C)(C)CCS.SCCN1CCOCC1.[Cl-]. The molecule has 0 aromatic rings. The topological polar surface area (TPSA) is 51.7 Å². The molecular weight excluding hydrogens is 688 g/mol. The van der Waals surface area contributed by atoms with E-state index in [2.05, 4.69) is 116 Å². The summed E-state index contributed by atoms with van der Waals surface area (Å²) in [4.78, 5) is 22.7. The predicted octanol–water partition coefficient (Wildman–Crippen LogP) is -0.930. The van der Waals surface area contributed by atoms with Crippen molar-refractivity contribution < 1.29 is 31.2 Å². The summed E-state index contributed by atoms with van der Waals surface area (Å²) in [6, 6.07) is -0.0119. The number of rotatable bonds is 11. The Morgan fingerprint density at radius 2 is 1.31 bits per heavy atom. The van der Waals surface area contributed by atoms with Gasteiger partial charge in [0.15, 0.2) is 0 Å². The second-order valence-electron chi connectivity index (χ2n) is 12.3. The Balaban J connectivity index is -0.000000498. The van der Waals surface area contributed by atoms with Crippen molar-refractivity contribution in [3.05, 3.63) is 0 Å². The molecule has 9 nitrogen and oxygen atoms in total. The van der Waals surface area contributed by atoms with Crippen molar-refractivity contribution in [2.45, 2.75) is 18.9 Å². The molecule has 3 fully saturated rings. The fraction of sp³-hybridized carbons (Fsp3) is 0.967. The van der Waals surface area contributed by atoms with Crippen LogP contribution in [0.25, 0.3) is 0 Å². The molecule has 0 spiro atoms. The highest BCUT2D eigenvalue weighted by molar-refractivity contribution is 7.80. The van der Waals surface area contributed by atoms with Crippen molar-refractivity contribution in [1.82, 2.24) is 24.5 Å². The van der Waals surface area contributed by atoms with Crippen LogP contribution in [-0.4, -0.2) is 211 Å². The number of esters is 1. The first-order valence-electron chi connectivity index (χ1n) is 15.9. The van der Waals surface area contributed by atoms with Gasteiger partial charge < -0.3 is 36.2 Å². The van der Waals surface area contributed by atoms with E-state index in [0.717, 1.165) is 112 Å². The summed E-state index contributed by atoms with van der Waals surface area (Å²) in [6.45, 7) is 15.2.